The van der Waals surface area contributed by atoms with Crippen LogP contribution in [0.25, 0.3) is 0 Å². The van der Waals surface area contributed by atoms with E-state index in [-0.39, 0.29) is 38.9 Å². The lowest BCUT2D eigenvalue weighted by atomic mass is 10.2. The standard InChI is InChI=1S/C20H50O6Si4.C18H44O6Si3.C18H44O4Si3.C10H30O4Si4/c1-27(2,18-14-10-8-12-16-21)24-29(5,6)26-30(7,20-23)25-28(3,4)19-15-11-9-13-17-22;1-25(2,17-15-21-13-9-7-11-19)23-27(5,6)24-26(3,4)18-16-22-14-10-8-12-20;1-23(2,17-13-9-7-11-15-19)21-25(5,6)22-24(3,4)18-14-10-8-12-16-20;1-15(2,3)12-17(7,8)14-18(9,10-11)13-16(4,5)6/h21-23H,8-20H2,1-7H3;19-20H,7-18H2,1-6H3;19-20H,7-18H2,1-6H3;11H,10H2,1-9H3. The molecule has 0 bridgehead atoms. The minimum Gasteiger partial charge on any atom is -0.437 e. The fourth-order valence-corrected chi connectivity index (χ4v) is 75.5. The molecule has 0 saturated carbocycles. The largest absolute Gasteiger partial charge is 0.437 e. The zero-order valence-electron chi connectivity index (χ0n) is 70.3. The summed E-state index contributed by atoms with van der Waals surface area (Å²) in [6.07, 6.45) is 20.6. The van der Waals surface area contributed by atoms with E-state index >= 15 is 0 Å². The van der Waals surface area contributed by atoms with Gasteiger partial charge in [0.1, 0.15) is 0 Å². The van der Waals surface area contributed by atoms with E-state index in [9.17, 15) is 10.2 Å². The van der Waals surface area contributed by atoms with Gasteiger partial charge in [-0.3, -0.25) is 0 Å². The van der Waals surface area contributed by atoms with Crippen molar-refractivity contribution in [3.8, 4) is 0 Å². The SMILES string of the molecule is C[Si](C)(C)O[Si](C)(C)O[Si](C)(CO)O[Si](C)(C)C.C[Si](C)(CCCCCCO)O[Si](C)(C)O[Si](C)(C)CCCCCCO.C[Si](C)(CCCCCCO)O[Si](C)(C)O[Si](C)(CO)O[Si](C)(C)CCCCCCO.C[Si](C)(CCOCCCCO)O[Si](C)(C)O[Si](C)(C)CCOCCCCO. The van der Waals surface area contributed by atoms with Gasteiger partial charge in [-0.05, 0) is 271 Å². The van der Waals surface area contributed by atoms with Crippen molar-refractivity contribution in [2.24, 2.45) is 0 Å². The monoisotopic (exact) mass is 1670 g/mol. The predicted octanol–water partition coefficient (Wildman–Crippen LogP) is 16.8. The summed E-state index contributed by atoms with van der Waals surface area (Å²) < 4.78 is 75.8. The second-order valence-electron chi connectivity index (χ2n) is 35.1. The van der Waals surface area contributed by atoms with Crippen LogP contribution in [0.2, 0.25) is 220 Å². The third kappa shape index (κ3) is 70.6. The van der Waals surface area contributed by atoms with E-state index in [4.69, 9.17) is 81.3 Å². The normalized spacial score (nSPS) is 14.8. The lowest BCUT2D eigenvalue weighted by molar-refractivity contribution is 0.134. The molecule has 0 spiro atoms. The molecule has 0 heterocycles. The maximum Gasteiger partial charge on any atom is 0.342 e. The molecule has 0 aliphatic rings. The Bertz CT molecular complexity index is 1900. The summed E-state index contributed by atoms with van der Waals surface area (Å²) in [7, 11) is -28.3. The van der Waals surface area contributed by atoms with Crippen LogP contribution in [0.1, 0.15) is 128 Å². The summed E-state index contributed by atoms with van der Waals surface area (Å²) in [5, 5.41) is 72.9. The van der Waals surface area contributed by atoms with E-state index in [2.05, 4.69) is 157 Å². The minimum atomic E-state index is -2.71. The van der Waals surface area contributed by atoms with Crippen LogP contribution >= 0.6 is 0 Å². The van der Waals surface area contributed by atoms with Crippen LogP contribution in [0.5, 0.6) is 0 Å². The number of hydrogen-bond donors (Lipinski definition) is 8. The van der Waals surface area contributed by atoms with Crippen LogP contribution in [-0.2, 0) is 50.6 Å². The topological polar surface area (TPSA) is 273 Å². The van der Waals surface area contributed by atoms with Gasteiger partial charge in [-0.25, -0.2) is 0 Å². The van der Waals surface area contributed by atoms with Gasteiger partial charge < -0.3 is 91.5 Å². The molecule has 0 rings (SSSR count). The molecule has 0 aromatic rings. The number of rotatable bonds is 60. The highest BCUT2D eigenvalue weighted by Crippen LogP contribution is 2.32. The molecule has 2 atom stereocenters. The van der Waals surface area contributed by atoms with E-state index in [1.807, 2.05) is 26.2 Å². The van der Waals surface area contributed by atoms with Crippen LogP contribution in [0.3, 0.4) is 0 Å². The highest BCUT2D eigenvalue weighted by atomic mass is 28.5. The Hall–Kier alpha value is 2.24. The van der Waals surface area contributed by atoms with Crippen molar-refractivity contribution in [2.75, 3.05) is 78.5 Å². The zero-order chi connectivity index (χ0) is 78.4. The second-order valence-corrected chi connectivity index (χ2v) is 92.2. The molecule has 608 valence electrons. The van der Waals surface area contributed by atoms with Gasteiger partial charge in [-0.2, -0.15) is 0 Å². The maximum atomic E-state index is 10.1. The van der Waals surface area contributed by atoms with Gasteiger partial charge in [0.2, 0.25) is 0 Å². The number of ether oxygens (including phenoxy) is 2. The lowest BCUT2D eigenvalue weighted by Crippen LogP contribution is -2.59. The van der Waals surface area contributed by atoms with Crippen LogP contribution < -0.4 is 0 Å². The molecule has 0 aromatic heterocycles. The van der Waals surface area contributed by atoms with Gasteiger partial charge in [-0.15, -0.1) is 0 Å². The van der Waals surface area contributed by atoms with E-state index in [0.717, 1.165) is 140 Å². The smallest absolute Gasteiger partial charge is 0.342 e. The average Bonchev–Trinajstić information content (AvgIpc) is 0.836. The van der Waals surface area contributed by atoms with Crippen LogP contribution in [0.15, 0.2) is 0 Å². The molecule has 0 amide bonds. The first-order chi connectivity index (χ1) is 45.6. The molecule has 0 aliphatic heterocycles. The van der Waals surface area contributed by atoms with Crippen molar-refractivity contribution >= 4 is 118 Å². The number of hydrogen-bond acceptors (Lipinski definition) is 20. The highest BCUT2D eigenvalue weighted by Gasteiger charge is 2.47. The van der Waals surface area contributed by atoms with Gasteiger partial charge in [-0.1, -0.05) is 77.0 Å². The molecule has 20 nitrogen and oxygen atoms in total. The number of aliphatic hydroxyl groups excluding tert-OH is 8. The molecule has 2 unspecified atom stereocenters. The van der Waals surface area contributed by atoms with Gasteiger partial charge in [0.25, 0.3) is 0 Å². The molecule has 100 heavy (non-hydrogen) atoms. The quantitative estimate of drug-likeness (QED) is 0.0208. The van der Waals surface area contributed by atoms with Gasteiger partial charge in [0.15, 0.2) is 66.5 Å². The van der Waals surface area contributed by atoms with Gasteiger partial charge >= 0.3 is 51.4 Å². The summed E-state index contributed by atoms with van der Waals surface area (Å²) >= 11 is 0. The van der Waals surface area contributed by atoms with Crippen molar-refractivity contribution in [3.05, 3.63) is 0 Å². The Labute approximate surface area is 631 Å². The molecule has 0 aromatic carbocycles. The molecule has 0 fully saturated rings. The average molecular weight is 1680 g/mol. The maximum absolute atomic E-state index is 10.1. The van der Waals surface area contributed by atoms with E-state index in [1.165, 1.54) is 37.8 Å². The van der Waals surface area contributed by atoms with Crippen LogP contribution in [-0.4, -0.2) is 237 Å². The van der Waals surface area contributed by atoms with E-state index in [0.29, 0.717) is 26.4 Å². The fraction of sp³-hybridized carbons (Fsp3) is 1.00. The minimum absolute atomic E-state index is 0.0112. The van der Waals surface area contributed by atoms with Crippen LogP contribution in [0.4, 0.5) is 0 Å². The molecule has 34 heteroatoms. The van der Waals surface area contributed by atoms with Gasteiger partial charge in [0, 0.05) is 66.1 Å². The lowest BCUT2D eigenvalue weighted by Gasteiger charge is -2.42. The molecular weight excluding hydrogens is 1510 g/mol. The Morgan fingerprint density at radius 3 is 0.620 bits per heavy atom. The summed E-state index contributed by atoms with van der Waals surface area (Å²) in [6, 6.07) is 6.41. The first-order valence-electron chi connectivity index (χ1n) is 38.6. The highest BCUT2D eigenvalue weighted by molar-refractivity contribution is 6.92. The second kappa shape index (κ2) is 54.8. The van der Waals surface area contributed by atoms with Crippen LogP contribution in [0, 0.1) is 0 Å². The van der Waals surface area contributed by atoms with Crippen molar-refractivity contribution in [1.29, 1.82) is 0 Å². The molecular formula is C66H168O20Si14. The Morgan fingerprint density at radius 1 is 0.180 bits per heavy atom. The summed E-state index contributed by atoms with van der Waals surface area (Å²) in [5.41, 5.74) is 0. The first kappa shape index (κ1) is 109. The van der Waals surface area contributed by atoms with E-state index < -0.39 is 118 Å². The van der Waals surface area contributed by atoms with Crippen molar-refractivity contribution in [3.63, 3.8) is 0 Å². The predicted molar refractivity (Wildman–Crippen MR) is 455 cm³/mol. The molecule has 0 saturated heterocycles. The summed E-state index contributed by atoms with van der Waals surface area (Å²) in [4.78, 5) is 0. The van der Waals surface area contributed by atoms with Crippen molar-refractivity contribution in [1.82, 2.24) is 0 Å². The van der Waals surface area contributed by atoms with E-state index in [1.54, 1.807) is 0 Å². The number of unbranched alkanes of at least 4 members (excludes halogenated alkanes) is 14. The summed E-state index contributed by atoms with van der Waals surface area (Å²) in [5.74, 6) is 0. The zero-order valence-corrected chi connectivity index (χ0v) is 84.3. The Morgan fingerprint density at radius 2 is 0.380 bits per heavy atom. The third-order valence-corrected chi connectivity index (χ3v) is 66.5. The molecule has 8 N–H and O–H groups in total. The number of aliphatic hydroxyl groups is 8. The molecule has 0 aliphatic carbocycles. The fourth-order valence-electron chi connectivity index (χ4n) is 12.4. The van der Waals surface area contributed by atoms with Crippen molar-refractivity contribution < 1.29 is 91.5 Å². The Kier molecular flexibility index (Phi) is 59.5. The Balaban J connectivity index is -0.000000623. The summed E-state index contributed by atoms with van der Waals surface area (Å²) in [6.45, 7) is 65.4. The third-order valence-electron chi connectivity index (χ3n) is 15.5. The first-order valence-corrected chi connectivity index (χ1v) is 80.4. The molecule has 0 radical (unpaired) electrons. The van der Waals surface area contributed by atoms with Gasteiger partial charge in [0.05, 0.1) is 12.5 Å². The van der Waals surface area contributed by atoms with Crippen molar-refractivity contribution in [2.45, 2.75) is 348 Å².